The molecule has 0 saturated carbocycles. The molecule has 0 radical (unpaired) electrons. The highest BCUT2D eigenvalue weighted by molar-refractivity contribution is 9.10. The number of rotatable bonds is 5. The highest BCUT2D eigenvalue weighted by Crippen LogP contribution is 2.21. The summed E-state index contributed by atoms with van der Waals surface area (Å²) >= 11 is 3.18. The lowest BCUT2D eigenvalue weighted by atomic mass is 10.1. The van der Waals surface area contributed by atoms with Gasteiger partial charge < -0.3 is 10.1 Å². The number of benzene rings is 2. The molecule has 0 spiro atoms. The molecule has 0 saturated heterocycles. The zero-order valence-corrected chi connectivity index (χ0v) is 14.0. The zero-order chi connectivity index (χ0) is 16.1. The molecule has 0 unspecified atom stereocenters. The lowest BCUT2D eigenvalue weighted by Crippen LogP contribution is -2.13. The van der Waals surface area contributed by atoms with Crippen LogP contribution in [0, 0.1) is 12.7 Å². The van der Waals surface area contributed by atoms with Crippen molar-refractivity contribution in [2.45, 2.75) is 19.8 Å². The van der Waals surface area contributed by atoms with Gasteiger partial charge in [0.2, 0.25) is 5.91 Å². The van der Waals surface area contributed by atoms with Crippen LogP contribution in [0.2, 0.25) is 0 Å². The molecule has 2 aromatic rings. The predicted octanol–water partition coefficient (Wildman–Crippen LogP) is 4.48. The summed E-state index contributed by atoms with van der Waals surface area (Å²) < 4.78 is 19.5. The van der Waals surface area contributed by atoms with Crippen LogP contribution >= 0.6 is 15.9 Å². The van der Waals surface area contributed by atoms with Crippen molar-refractivity contribution in [3.63, 3.8) is 0 Å². The second-order valence-corrected chi connectivity index (χ2v) is 5.89. The van der Waals surface area contributed by atoms with Gasteiger partial charge in [-0.15, -0.1) is 0 Å². The van der Waals surface area contributed by atoms with Crippen LogP contribution in [-0.4, -0.2) is 13.0 Å². The Bertz CT molecular complexity index is 688. The molecule has 3 nitrogen and oxygen atoms in total. The molecule has 0 aliphatic rings. The van der Waals surface area contributed by atoms with E-state index in [0.29, 0.717) is 17.3 Å². The van der Waals surface area contributed by atoms with Gasteiger partial charge in [0.1, 0.15) is 11.6 Å². The number of carbonyl (C=O) groups is 1. The van der Waals surface area contributed by atoms with Gasteiger partial charge in [-0.25, -0.2) is 4.39 Å². The van der Waals surface area contributed by atoms with Crippen molar-refractivity contribution < 1.29 is 13.9 Å². The molecule has 0 aliphatic heterocycles. The van der Waals surface area contributed by atoms with Gasteiger partial charge in [-0.2, -0.15) is 0 Å². The Morgan fingerprint density at radius 2 is 2.05 bits per heavy atom. The van der Waals surface area contributed by atoms with Crippen LogP contribution in [-0.2, 0) is 11.2 Å². The topological polar surface area (TPSA) is 38.3 Å². The summed E-state index contributed by atoms with van der Waals surface area (Å²) in [7, 11) is 1.63. The van der Waals surface area contributed by atoms with Crippen LogP contribution in [0.3, 0.4) is 0 Å². The van der Waals surface area contributed by atoms with E-state index in [4.69, 9.17) is 4.74 Å². The van der Waals surface area contributed by atoms with Gasteiger partial charge in [0.15, 0.2) is 0 Å². The van der Waals surface area contributed by atoms with Crippen LogP contribution in [0.15, 0.2) is 40.9 Å². The first-order valence-corrected chi connectivity index (χ1v) is 7.67. The van der Waals surface area contributed by atoms with Gasteiger partial charge in [-0.05, 0) is 48.7 Å². The van der Waals surface area contributed by atoms with E-state index in [0.717, 1.165) is 16.9 Å². The molecule has 1 amide bonds. The molecular weight excluding hydrogens is 349 g/mol. The zero-order valence-electron chi connectivity index (χ0n) is 12.5. The molecule has 0 fully saturated rings. The molecule has 116 valence electrons. The Morgan fingerprint density at radius 1 is 1.27 bits per heavy atom. The number of nitrogens with one attached hydrogen (secondary N) is 1. The summed E-state index contributed by atoms with van der Waals surface area (Å²) in [5, 5.41) is 2.59. The monoisotopic (exact) mass is 365 g/mol. The van der Waals surface area contributed by atoms with Crippen molar-refractivity contribution in [2.24, 2.45) is 0 Å². The normalized spacial score (nSPS) is 10.4. The van der Waals surface area contributed by atoms with Gasteiger partial charge in [0.05, 0.1) is 12.8 Å². The predicted molar refractivity (Wildman–Crippen MR) is 88.8 cm³/mol. The number of aryl methyl sites for hydroxylation is 2. The first-order valence-electron chi connectivity index (χ1n) is 6.88. The minimum absolute atomic E-state index is 0.194. The van der Waals surface area contributed by atoms with Crippen LogP contribution in [0.25, 0.3) is 0 Å². The molecular formula is C17H17BrFNO2. The van der Waals surface area contributed by atoms with E-state index in [1.807, 2.05) is 25.1 Å². The van der Waals surface area contributed by atoms with Crippen LogP contribution < -0.4 is 10.1 Å². The maximum Gasteiger partial charge on any atom is 0.224 e. The van der Waals surface area contributed by atoms with Crippen LogP contribution in [0.1, 0.15) is 17.5 Å². The van der Waals surface area contributed by atoms with Crippen molar-refractivity contribution in [2.75, 3.05) is 12.4 Å². The average molecular weight is 366 g/mol. The minimum atomic E-state index is -0.456. The maximum absolute atomic E-state index is 13.7. The SMILES string of the molecule is COc1ccc(CCC(=O)Nc2ccc(Br)cc2F)cc1C. The first-order chi connectivity index (χ1) is 10.5. The molecule has 22 heavy (non-hydrogen) atoms. The number of ether oxygens (including phenoxy) is 1. The van der Waals surface area contributed by atoms with E-state index in [2.05, 4.69) is 21.2 Å². The lowest BCUT2D eigenvalue weighted by Gasteiger charge is -2.09. The Hall–Kier alpha value is -1.88. The number of hydrogen-bond acceptors (Lipinski definition) is 2. The molecule has 5 heteroatoms. The van der Waals surface area contributed by atoms with Gasteiger partial charge in [0.25, 0.3) is 0 Å². The number of hydrogen-bond donors (Lipinski definition) is 1. The van der Waals surface area contributed by atoms with Gasteiger partial charge >= 0.3 is 0 Å². The smallest absolute Gasteiger partial charge is 0.224 e. The van der Waals surface area contributed by atoms with Crippen molar-refractivity contribution in [1.82, 2.24) is 0 Å². The summed E-state index contributed by atoms with van der Waals surface area (Å²) in [6, 6.07) is 10.4. The van der Waals surface area contributed by atoms with Crippen molar-refractivity contribution in [3.8, 4) is 5.75 Å². The summed E-state index contributed by atoms with van der Waals surface area (Å²) in [5.41, 5.74) is 2.27. The van der Waals surface area contributed by atoms with Gasteiger partial charge in [0, 0.05) is 10.9 Å². The quantitative estimate of drug-likeness (QED) is 0.848. The van der Waals surface area contributed by atoms with Gasteiger partial charge in [-0.1, -0.05) is 28.1 Å². The summed E-state index contributed by atoms with van der Waals surface area (Å²) in [4.78, 5) is 11.9. The molecule has 0 heterocycles. The fraction of sp³-hybridized carbons (Fsp3) is 0.235. The van der Waals surface area contributed by atoms with Crippen molar-refractivity contribution in [3.05, 3.63) is 57.8 Å². The molecule has 0 bridgehead atoms. The van der Waals surface area contributed by atoms with E-state index in [-0.39, 0.29) is 11.6 Å². The van der Waals surface area contributed by atoms with E-state index in [1.165, 1.54) is 12.1 Å². The minimum Gasteiger partial charge on any atom is -0.496 e. The molecule has 0 aromatic heterocycles. The number of halogens is 2. The number of carbonyl (C=O) groups excluding carboxylic acids is 1. The van der Waals surface area contributed by atoms with E-state index >= 15 is 0 Å². The second kappa shape index (κ2) is 7.40. The fourth-order valence-electron chi connectivity index (χ4n) is 2.16. The highest BCUT2D eigenvalue weighted by Gasteiger charge is 2.08. The lowest BCUT2D eigenvalue weighted by molar-refractivity contribution is -0.116. The summed E-state index contributed by atoms with van der Waals surface area (Å²) in [5.74, 6) is 0.155. The van der Waals surface area contributed by atoms with Crippen LogP contribution in [0.4, 0.5) is 10.1 Å². The number of anilines is 1. The van der Waals surface area contributed by atoms with E-state index in [1.54, 1.807) is 13.2 Å². The Labute approximate surface area is 137 Å². The third kappa shape index (κ3) is 4.31. The summed E-state index contributed by atoms with van der Waals surface area (Å²) in [6.07, 6.45) is 0.885. The maximum atomic E-state index is 13.7. The average Bonchev–Trinajstić information content (AvgIpc) is 2.48. The number of methoxy groups -OCH3 is 1. The molecule has 0 atom stereocenters. The van der Waals surface area contributed by atoms with Gasteiger partial charge in [-0.3, -0.25) is 4.79 Å². The largest absolute Gasteiger partial charge is 0.496 e. The third-order valence-electron chi connectivity index (χ3n) is 3.31. The fourth-order valence-corrected chi connectivity index (χ4v) is 2.49. The Morgan fingerprint density at radius 3 is 2.68 bits per heavy atom. The molecule has 1 N–H and O–H groups in total. The molecule has 2 aromatic carbocycles. The summed E-state index contributed by atoms with van der Waals surface area (Å²) in [6.45, 7) is 1.96. The second-order valence-electron chi connectivity index (χ2n) is 4.98. The Kier molecular flexibility index (Phi) is 5.55. The molecule has 2 rings (SSSR count). The third-order valence-corrected chi connectivity index (χ3v) is 3.80. The van der Waals surface area contributed by atoms with E-state index < -0.39 is 5.82 Å². The van der Waals surface area contributed by atoms with Crippen LogP contribution in [0.5, 0.6) is 5.75 Å². The van der Waals surface area contributed by atoms with Crippen molar-refractivity contribution in [1.29, 1.82) is 0 Å². The number of amides is 1. The molecule has 0 aliphatic carbocycles. The van der Waals surface area contributed by atoms with Crippen molar-refractivity contribution >= 4 is 27.5 Å². The standard InChI is InChI=1S/C17H17BrFNO2/c1-11-9-12(3-7-16(11)22-2)4-8-17(21)20-15-6-5-13(18)10-14(15)19/h3,5-7,9-10H,4,8H2,1-2H3,(H,20,21). The first kappa shape index (κ1) is 16.5. The Balaban J connectivity index is 1.94. The van der Waals surface area contributed by atoms with E-state index in [9.17, 15) is 9.18 Å². The highest BCUT2D eigenvalue weighted by atomic mass is 79.9.